The van der Waals surface area contributed by atoms with Crippen molar-refractivity contribution < 1.29 is 36.9 Å². The van der Waals surface area contributed by atoms with Crippen LogP contribution in [-0.2, 0) is 20.1 Å². The molecule has 0 bridgehead atoms. The number of hydrogen-bond donors (Lipinski definition) is 0. The molecular formula is C45H32IrN4O-2. The third-order valence-corrected chi connectivity index (χ3v) is 8.33. The topological polar surface area (TPSA) is 64.7 Å². The van der Waals surface area contributed by atoms with Crippen molar-refractivity contribution in [1.29, 1.82) is 0 Å². The average Bonchev–Trinajstić information content (AvgIpc) is 3.61. The molecule has 0 N–H and O–H groups in total. The van der Waals surface area contributed by atoms with Crippen LogP contribution in [0.5, 0.6) is 0 Å². The predicted molar refractivity (Wildman–Crippen MR) is 202 cm³/mol. The summed E-state index contributed by atoms with van der Waals surface area (Å²) >= 11 is 0. The van der Waals surface area contributed by atoms with Crippen LogP contribution in [0.2, 0.25) is 0 Å². The number of rotatable bonds is 4. The first kappa shape index (κ1) is 24.4. The van der Waals surface area contributed by atoms with Gasteiger partial charge in [0, 0.05) is 67.5 Å². The van der Waals surface area contributed by atoms with E-state index >= 15 is 0 Å². The molecule has 249 valence electrons. The molecule has 1 radical (unpaired) electrons. The third-order valence-electron chi connectivity index (χ3n) is 8.33. The zero-order valence-corrected chi connectivity index (χ0v) is 29.2. The van der Waals surface area contributed by atoms with Crippen LogP contribution in [0, 0.1) is 32.7 Å². The standard InChI is InChI=1S/C26H16N3O.C19H16N.Ir/c1-16-7-9-21-20-5-2-6-22(25(20)30-26(21)29-16)24-15-18(11-13-28-24)17-8-10-23-19(14-17)4-3-12-27-23;1-14-8-11-19(20-13-14)17-10-9-15(2)18(12-17)16-6-4-3-5-7-16;/h2-5,7-15H,1H3;3-9,11-13H,1-2H3;/q2*-1;/i1D3;1D3,2D3;. The predicted octanol–water partition coefficient (Wildman–Crippen LogP) is 11.2. The van der Waals surface area contributed by atoms with Gasteiger partial charge in [-0.25, -0.2) is 4.98 Å². The molecule has 6 heteroatoms. The molecule has 0 fully saturated rings. The maximum Gasteiger partial charge on any atom is 0.216 e. The summed E-state index contributed by atoms with van der Waals surface area (Å²) in [6.07, 6.45) is 4.86. The van der Waals surface area contributed by atoms with Crippen molar-refractivity contribution in [2.75, 3.05) is 0 Å². The molecule has 51 heavy (non-hydrogen) atoms. The minimum atomic E-state index is -2.30. The second-order valence-corrected chi connectivity index (χ2v) is 11.6. The monoisotopic (exact) mass is 846 g/mol. The van der Waals surface area contributed by atoms with E-state index in [1.165, 1.54) is 24.4 Å². The molecule has 9 rings (SSSR count). The van der Waals surface area contributed by atoms with Gasteiger partial charge in [0.25, 0.3) is 0 Å². The van der Waals surface area contributed by atoms with Gasteiger partial charge in [-0.2, -0.15) is 0 Å². The fraction of sp³-hybridized carbons (Fsp3) is 0.0667. The summed E-state index contributed by atoms with van der Waals surface area (Å²) in [6.45, 7) is -6.78. The van der Waals surface area contributed by atoms with Crippen LogP contribution < -0.4 is 0 Å². The van der Waals surface area contributed by atoms with Crippen LogP contribution in [0.1, 0.15) is 29.2 Å². The first-order valence-corrected chi connectivity index (χ1v) is 15.8. The molecule has 5 aromatic heterocycles. The van der Waals surface area contributed by atoms with Crippen molar-refractivity contribution in [3.05, 3.63) is 169 Å². The maximum atomic E-state index is 7.77. The van der Waals surface area contributed by atoms with Gasteiger partial charge in [-0.15, -0.1) is 47.5 Å². The van der Waals surface area contributed by atoms with Crippen molar-refractivity contribution in [2.24, 2.45) is 0 Å². The zero-order valence-electron chi connectivity index (χ0n) is 35.8. The second kappa shape index (κ2) is 14.6. The molecule has 0 aliphatic rings. The molecule has 0 aliphatic heterocycles. The zero-order chi connectivity index (χ0) is 41.5. The minimum Gasteiger partial charge on any atom is -0.486 e. The van der Waals surface area contributed by atoms with Crippen molar-refractivity contribution in [2.45, 2.75) is 20.6 Å². The number of aromatic nitrogens is 4. The fourth-order valence-corrected chi connectivity index (χ4v) is 5.86. The number of fused-ring (bicyclic) bond motifs is 4. The second-order valence-electron chi connectivity index (χ2n) is 11.6. The Morgan fingerprint density at radius 2 is 1.59 bits per heavy atom. The summed E-state index contributed by atoms with van der Waals surface area (Å²) in [5.74, 6) is 0. The van der Waals surface area contributed by atoms with Crippen molar-refractivity contribution in [1.82, 2.24) is 19.9 Å². The largest absolute Gasteiger partial charge is 0.486 e. The molecular weight excluding hydrogens is 805 g/mol. The van der Waals surface area contributed by atoms with Gasteiger partial charge in [-0.05, 0) is 83.7 Å². The Labute approximate surface area is 323 Å². The van der Waals surface area contributed by atoms with Gasteiger partial charge in [0.15, 0.2) is 0 Å². The van der Waals surface area contributed by atoms with Crippen LogP contribution in [-0.4, -0.2) is 19.9 Å². The summed E-state index contributed by atoms with van der Waals surface area (Å²) < 4.78 is 74.5. The normalized spacial score (nSPS) is 14.2. The summed E-state index contributed by atoms with van der Waals surface area (Å²) in [6, 6.07) is 42.8. The number of pyridine rings is 4. The molecule has 0 spiro atoms. The summed E-state index contributed by atoms with van der Waals surface area (Å²) in [5.41, 5.74) is 8.17. The van der Waals surface area contributed by atoms with Crippen molar-refractivity contribution >= 4 is 33.0 Å². The van der Waals surface area contributed by atoms with Gasteiger partial charge < -0.3 is 14.4 Å². The van der Waals surface area contributed by atoms with E-state index < -0.39 is 20.6 Å². The Morgan fingerprint density at radius 3 is 2.43 bits per heavy atom. The van der Waals surface area contributed by atoms with Gasteiger partial charge in [0.05, 0.1) is 11.1 Å². The molecule has 4 aromatic carbocycles. The van der Waals surface area contributed by atoms with Crippen LogP contribution >= 0.6 is 0 Å². The molecule has 0 amide bonds. The van der Waals surface area contributed by atoms with Crippen molar-refractivity contribution in [3.8, 4) is 44.8 Å². The molecule has 0 aliphatic carbocycles. The van der Waals surface area contributed by atoms with Crippen LogP contribution in [0.15, 0.2) is 144 Å². The molecule has 0 saturated carbocycles. The quantitative estimate of drug-likeness (QED) is 0.165. The van der Waals surface area contributed by atoms with Gasteiger partial charge in [0.2, 0.25) is 5.71 Å². The Balaban J connectivity index is 0.000000184. The Morgan fingerprint density at radius 1 is 0.667 bits per heavy atom. The van der Waals surface area contributed by atoms with E-state index in [1.807, 2.05) is 78.9 Å². The Hall–Kier alpha value is -5.81. The van der Waals surface area contributed by atoms with Gasteiger partial charge in [-0.1, -0.05) is 84.0 Å². The molecule has 9 aromatic rings. The van der Waals surface area contributed by atoms with E-state index in [1.54, 1.807) is 30.6 Å². The SMILES string of the molecule is [2H]C([2H])([2H])c1ccc(-c2[c-]cc(C([2H])([2H])[2H])c(-c3ccccc3)c2)nc1.[2H]C([2H])([2H])c1ccc2c(n1)oc1c(-c3cc(-c4ccc5ncccc5c4)ccn3)[c-]ccc12.[Ir]. The van der Waals surface area contributed by atoms with Crippen LogP contribution in [0.25, 0.3) is 77.7 Å². The fourth-order valence-electron chi connectivity index (χ4n) is 5.86. The van der Waals surface area contributed by atoms with E-state index in [2.05, 4.69) is 38.1 Å². The van der Waals surface area contributed by atoms with Gasteiger partial charge in [0.1, 0.15) is 0 Å². The van der Waals surface area contributed by atoms with E-state index in [4.69, 9.17) is 16.8 Å². The molecule has 0 saturated heterocycles. The average molecular weight is 846 g/mol. The number of nitrogens with zero attached hydrogens (tertiary/aromatic N) is 4. The minimum absolute atomic E-state index is 0. The van der Waals surface area contributed by atoms with Crippen LogP contribution in [0.3, 0.4) is 0 Å². The van der Waals surface area contributed by atoms with Gasteiger partial charge >= 0.3 is 0 Å². The van der Waals surface area contributed by atoms with E-state index in [0.29, 0.717) is 33.7 Å². The number of benzene rings is 4. The number of aryl methyl sites for hydroxylation is 3. The van der Waals surface area contributed by atoms with Crippen LogP contribution in [0.4, 0.5) is 0 Å². The number of furan rings is 1. The maximum absolute atomic E-state index is 7.77. The molecule has 0 unspecified atom stereocenters. The third kappa shape index (κ3) is 6.98. The van der Waals surface area contributed by atoms with E-state index in [0.717, 1.165) is 38.4 Å². The Kier molecular flexibility index (Phi) is 6.96. The number of hydrogen-bond acceptors (Lipinski definition) is 5. The smallest absolute Gasteiger partial charge is 0.216 e. The summed E-state index contributed by atoms with van der Waals surface area (Å²) in [7, 11) is 0. The van der Waals surface area contributed by atoms with Gasteiger partial charge in [-0.3, -0.25) is 4.98 Å². The molecule has 5 nitrogen and oxygen atoms in total. The molecule has 0 atom stereocenters. The summed E-state index contributed by atoms with van der Waals surface area (Å²) in [4.78, 5) is 17.4. The molecule has 5 heterocycles. The van der Waals surface area contributed by atoms with Crippen molar-refractivity contribution in [3.63, 3.8) is 0 Å². The van der Waals surface area contributed by atoms with E-state index in [-0.39, 0.29) is 42.6 Å². The Bertz CT molecular complexity index is 2970. The first-order chi connectivity index (χ1) is 28.1. The van der Waals surface area contributed by atoms with E-state index in [9.17, 15) is 0 Å². The first-order valence-electron chi connectivity index (χ1n) is 20.3. The summed E-state index contributed by atoms with van der Waals surface area (Å²) in [5, 5.41) is 2.66.